The molecule has 21 heavy (non-hydrogen) atoms. The van der Waals surface area contributed by atoms with Crippen LogP contribution in [0.4, 0.5) is 0 Å². The molecule has 1 fully saturated rings. The van der Waals surface area contributed by atoms with Crippen LogP contribution in [0.5, 0.6) is 0 Å². The molecular weight excluding hydrogens is 322 g/mol. The predicted molar refractivity (Wildman–Crippen MR) is 92.7 cm³/mol. The van der Waals surface area contributed by atoms with Gasteiger partial charge >= 0.3 is 0 Å². The zero-order chi connectivity index (χ0) is 14.5. The van der Waals surface area contributed by atoms with E-state index in [1.54, 1.807) is 0 Å². The zero-order valence-corrected chi connectivity index (χ0v) is 13.9. The van der Waals surface area contributed by atoms with E-state index in [2.05, 4.69) is 75.8 Å². The van der Waals surface area contributed by atoms with Gasteiger partial charge in [-0.2, -0.15) is 0 Å². The van der Waals surface area contributed by atoms with Crippen LogP contribution in [0.25, 0.3) is 0 Å². The van der Waals surface area contributed by atoms with Gasteiger partial charge in [-0.15, -0.1) is 0 Å². The Morgan fingerprint density at radius 3 is 2.38 bits per heavy atom. The predicted octanol–water partition coefficient (Wildman–Crippen LogP) is 4.92. The van der Waals surface area contributed by atoms with E-state index in [4.69, 9.17) is 0 Å². The number of benzene rings is 2. The third-order valence-corrected chi connectivity index (χ3v) is 4.93. The SMILES string of the molecule is Brc1ccc(C2CC(NCCCc3ccccc3)C2)cc1. The third-order valence-electron chi connectivity index (χ3n) is 4.40. The summed E-state index contributed by atoms with van der Waals surface area (Å²) in [4.78, 5) is 0. The van der Waals surface area contributed by atoms with Crippen molar-refractivity contribution in [3.8, 4) is 0 Å². The van der Waals surface area contributed by atoms with E-state index in [-0.39, 0.29) is 0 Å². The van der Waals surface area contributed by atoms with E-state index in [9.17, 15) is 0 Å². The van der Waals surface area contributed by atoms with Gasteiger partial charge in [0, 0.05) is 10.5 Å². The molecular formula is C19H22BrN. The first-order chi connectivity index (χ1) is 10.3. The molecule has 0 radical (unpaired) electrons. The minimum Gasteiger partial charge on any atom is -0.314 e. The van der Waals surface area contributed by atoms with Crippen LogP contribution in [0.15, 0.2) is 59.1 Å². The normalized spacial score (nSPS) is 21.0. The van der Waals surface area contributed by atoms with Gasteiger partial charge in [-0.1, -0.05) is 58.4 Å². The molecule has 3 rings (SSSR count). The highest BCUT2D eigenvalue weighted by molar-refractivity contribution is 9.10. The maximum Gasteiger partial charge on any atom is 0.0175 e. The number of nitrogens with one attached hydrogen (secondary N) is 1. The van der Waals surface area contributed by atoms with Gasteiger partial charge in [-0.05, 0) is 61.4 Å². The summed E-state index contributed by atoms with van der Waals surface area (Å²) in [5, 5.41) is 3.69. The topological polar surface area (TPSA) is 12.0 Å². The fraction of sp³-hybridized carbons (Fsp3) is 0.368. The summed E-state index contributed by atoms with van der Waals surface area (Å²) in [5.41, 5.74) is 2.93. The summed E-state index contributed by atoms with van der Waals surface area (Å²) < 4.78 is 1.17. The van der Waals surface area contributed by atoms with Crippen LogP contribution in [0, 0.1) is 0 Å². The van der Waals surface area contributed by atoms with E-state index < -0.39 is 0 Å². The van der Waals surface area contributed by atoms with E-state index in [0.717, 1.165) is 18.5 Å². The molecule has 1 aliphatic carbocycles. The Morgan fingerprint density at radius 2 is 1.67 bits per heavy atom. The molecule has 1 N–H and O–H groups in total. The summed E-state index contributed by atoms with van der Waals surface area (Å²) in [7, 11) is 0. The van der Waals surface area contributed by atoms with E-state index >= 15 is 0 Å². The fourth-order valence-corrected chi connectivity index (χ4v) is 3.30. The minimum absolute atomic E-state index is 0.717. The second-order valence-electron chi connectivity index (χ2n) is 5.96. The molecule has 0 saturated heterocycles. The van der Waals surface area contributed by atoms with Crippen molar-refractivity contribution in [1.29, 1.82) is 0 Å². The largest absolute Gasteiger partial charge is 0.314 e. The van der Waals surface area contributed by atoms with Crippen molar-refractivity contribution < 1.29 is 0 Å². The van der Waals surface area contributed by atoms with Crippen molar-refractivity contribution >= 4 is 15.9 Å². The van der Waals surface area contributed by atoms with Crippen LogP contribution in [-0.2, 0) is 6.42 Å². The summed E-state index contributed by atoms with van der Waals surface area (Å²) in [6, 6.07) is 20.3. The Kier molecular flexibility index (Phi) is 5.10. The van der Waals surface area contributed by atoms with Crippen LogP contribution < -0.4 is 5.32 Å². The summed E-state index contributed by atoms with van der Waals surface area (Å²) in [6.07, 6.45) is 4.97. The molecule has 0 bridgehead atoms. The Morgan fingerprint density at radius 1 is 0.952 bits per heavy atom. The summed E-state index contributed by atoms with van der Waals surface area (Å²) in [5.74, 6) is 0.754. The van der Waals surface area contributed by atoms with Gasteiger partial charge in [0.05, 0.1) is 0 Å². The van der Waals surface area contributed by atoms with Crippen LogP contribution >= 0.6 is 15.9 Å². The van der Waals surface area contributed by atoms with E-state index in [1.807, 2.05) is 0 Å². The molecule has 110 valence electrons. The second-order valence-corrected chi connectivity index (χ2v) is 6.88. The van der Waals surface area contributed by atoms with Gasteiger partial charge in [0.25, 0.3) is 0 Å². The highest BCUT2D eigenvalue weighted by atomic mass is 79.9. The molecule has 0 heterocycles. The molecule has 0 amide bonds. The average molecular weight is 344 g/mol. The lowest BCUT2D eigenvalue weighted by Crippen LogP contribution is -2.40. The van der Waals surface area contributed by atoms with Gasteiger partial charge in [0.2, 0.25) is 0 Å². The summed E-state index contributed by atoms with van der Waals surface area (Å²) in [6.45, 7) is 1.13. The van der Waals surface area contributed by atoms with Crippen molar-refractivity contribution in [2.45, 2.75) is 37.6 Å². The van der Waals surface area contributed by atoms with Crippen molar-refractivity contribution in [3.05, 3.63) is 70.2 Å². The quantitative estimate of drug-likeness (QED) is 0.734. The lowest BCUT2D eigenvalue weighted by atomic mass is 9.76. The van der Waals surface area contributed by atoms with Crippen molar-refractivity contribution in [3.63, 3.8) is 0 Å². The first kappa shape index (κ1) is 14.8. The molecule has 2 aromatic carbocycles. The number of aryl methyl sites for hydroxylation is 1. The van der Waals surface area contributed by atoms with E-state index in [1.165, 1.54) is 41.3 Å². The smallest absolute Gasteiger partial charge is 0.0175 e. The molecule has 0 spiro atoms. The van der Waals surface area contributed by atoms with Crippen molar-refractivity contribution in [2.24, 2.45) is 0 Å². The maximum absolute atomic E-state index is 3.69. The summed E-state index contributed by atoms with van der Waals surface area (Å²) >= 11 is 3.50. The molecule has 0 atom stereocenters. The highest BCUT2D eigenvalue weighted by Gasteiger charge is 2.29. The minimum atomic E-state index is 0.717. The first-order valence-electron chi connectivity index (χ1n) is 7.84. The number of hydrogen-bond acceptors (Lipinski definition) is 1. The van der Waals surface area contributed by atoms with Gasteiger partial charge < -0.3 is 5.32 Å². The van der Waals surface area contributed by atoms with Crippen LogP contribution in [0.1, 0.15) is 36.3 Å². The standard InChI is InChI=1S/C19H22BrN/c20-18-10-8-16(9-11-18)17-13-19(14-17)21-12-4-7-15-5-2-1-3-6-15/h1-3,5-6,8-11,17,19,21H,4,7,12-14H2. The number of hydrogen-bond donors (Lipinski definition) is 1. The van der Waals surface area contributed by atoms with Gasteiger partial charge in [0.15, 0.2) is 0 Å². The highest BCUT2D eigenvalue weighted by Crippen LogP contribution is 2.37. The van der Waals surface area contributed by atoms with Gasteiger partial charge in [0.1, 0.15) is 0 Å². The Hall–Kier alpha value is -1.12. The molecule has 1 nitrogen and oxygen atoms in total. The van der Waals surface area contributed by atoms with E-state index in [0.29, 0.717) is 0 Å². The lowest BCUT2D eigenvalue weighted by molar-refractivity contribution is 0.291. The monoisotopic (exact) mass is 343 g/mol. The molecule has 1 saturated carbocycles. The Labute approximate surface area is 135 Å². The molecule has 0 unspecified atom stereocenters. The molecule has 0 aromatic heterocycles. The Balaban J connectivity index is 1.33. The van der Waals surface area contributed by atoms with Crippen molar-refractivity contribution in [2.75, 3.05) is 6.54 Å². The average Bonchev–Trinajstić information content (AvgIpc) is 2.48. The maximum atomic E-state index is 3.69. The lowest BCUT2D eigenvalue weighted by Gasteiger charge is -2.36. The molecule has 0 aliphatic heterocycles. The molecule has 2 heteroatoms. The third kappa shape index (κ3) is 4.18. The van der Waals surface area contributed by atoms with Gasteiger partial charge in [-0.3, -0.25) is 0 Å². The van der Waals surface area contributed by atoms with Crippen LogP contribution in [0.3, 0.4) is 0 Å². The molecule has 2 aromatic rings. The number of halogens is 1. The Bertz CT molecular complexity index is 544. The van der Waals surface area contributed by atoms with Crippen LogP contribution in [0.2, 0.25) is 0 Å². The van der Waals surface area contributed by atoms with Crippen molar-refractivity contribution in [1.82, 2.24) is 5.32 Å². The fourth-order valence-electron chi connectivity index (χ4n) is 3.04. The van der Waals surface area contributed by atoms with Gasteiger partial charge in [-0.25, -0.2) is 0 Å². The second kappa shape index (κ2) is 7.24. The van der Waals surface area contributed by atoms with Crippen LogP contribution in [-0.4, -0.2) is 12.6 Å². The number of rotatable bonds is 6. The zero-order valence-electron chi connectivity index (χ0n) is 12.3. The molecule has 1 aliphatic rings. The first-order valence-corrected chi connectivity index (χ1v) is 8.63.